The molecule has 0 aliphatic rings. The van der Waals surface area contributed by atoms with E-state index in [9.17, 15) is 4.79 Å². The van der Waals surface area contributed by atoms with Gasteiger partial charge in [-0.05, 0) is 30.8 Å². The van der Waals surface area contributed by atoms with Crippen molar-refractivity contribution in [2.75, 3.05) is 36.1 Å². The number of thiazole rings is 1. The van der Waals surface area contributed by atoms with Gasteiger partial charge in [-0.25, -0.2) is 4.98 Å². The fourth-order valence-electron chi connectivity index (χ4n) is 1.52. The number of hydrogen-bond acceptors (Lipinski definition) is 6. The second kappa shape index (κ2) is 9.07. The quantitative estimate of drug-likeness (QED) is 0.610. The van der Waals surface area contributed by atoms with E-state index in [0.29, 0.717) is 28.3 Å². The van der Waals surface area contributed by atoms with Gasteiger partial charge in [0, 0.05) is 13.1 Å². The van der Waals surface area contributed by atoms with Gasteiger partial charge in [-0.3, -0.25) is 4.79 Å². The molecule has 1 rings (SSSR count). The lowest BCUT2D eigenvalue weighted by Gasteiger charge is -2.04. The summed E-state index contributed by atoms with van der Waals surface area (Å²) in [6, 6.07) is 0. The molecule has 5 nitrogen and oxygen atoms in total. The van der Waals surface area contributed by atoms with Crippen LogP contribution >= 0.6 is 23.1 Å². The maximum Gasteiger partial charge on any atom is 0.265 e. The van der Waals surface area contributed by atoms with Crippen LogP contribution in [0.1, 0.15) is 36.4 Å². The number of aromatic nitrogens is 1. The minimum Gasteiger partial charge on any atom is -0.382 e. The first-order valence-electron chi connectivity index (χ1n) is 6.82. The van der Waals surface area contributed by atoms with E-state index in [-0.39, 0.29) is 5.91 Å². The Morgan fingerprint density at radius 1 is 1.45 bits per heavy atom. The van der Waals surface area contributed by atoms with Gasteiger partial charge < -0.3 is 16.4 Å². The van der Waals surface area contributed by atoms with Crippen LogP contribution in [0.5, 0.6) is 0 Å². The van der Waals surface area contributed by atoms with Crippen LogP contribution in [-0.4, -0.2) is 36.0 Å². The van der Waals surface area contributed by atoms with Crippen LogP contribution in [-0.2, 0) is 0 Å². The highest BCUT2D eigenvalue weighted by Crippen LogP contribution is 2.24. The first kappa shape index (κ1) is 17.1. The first-order chi connectivity index (χ1) is 9.54. The number of nitrogens with two attached hydrogens (primary N) is 1. The Morgan fingerprint density at radius 3 is 2.85 bits per heavy atom. The number of thioether (sulfide) groups is 1. The average molecular weight is 316 g/mol. The summed E-state index contributed by atoms with van der Waals surface area (Å²) in [5, 5.41) is 6.79. The number of amides is 1. The van der Waals surface area contributed by atoms with Gasteiger partial charge in [-0.1, -0.05) is 25.2 Å². The molecule has 0 saturated heterocycles. The summed E-state index contributed by atoms with van der Waals surface area (Å²) in [5.74, 6) is 1.83. The topological polar surface area (TPSA) is 80.0 Å². The summed E-state index contributed by atoms with van der Waals surface area (Å²) in [6.45, 7) is 5.74. The maximum atomic E-state index is 12.0. The Bertz CT molecular complexity index is 421. The van der Waals surface area contributed by atoms with Crippen LogP contribution in [0.4, 0.5) is 10.9 Å². The fraction of sp³-hybridized carbons (Fsp3) is 0.692. The molecule has 20 heavy (non-hydrogen) atoms. The standard InChI is InChI=1S/C13H24N4OS2/c1-9(2)8-16-13-17-11(14)10(20-13)12(18)15-6-4-5-7-19-3/h9H,4-8,14H2,1-3H3,(H,15,18)(H,16,17). The van der Waals surface area contributed by atoms with Crippen LogP contribution in [0.25, 0.3) is 0 Å². The van der Waals surface area contributed by atoms with E-state index in [4.69, 9.17) is 5.73 Å². The number of unbranched alkanes of at least 4 members (excludes halogenated alkanes) is 1. The van der Waals surface area contributed by atoms with Gasteiger partial charge in [0.05, 0.1) is 0 Å². The molecule has 0 aliphatic heterocycles. The van der Waals surface area contributed by atoms with E-state index in [1.54, 1.807) is 0 Å². The Balaban J connectivity index is 2.43. The van der Waals surface area contributed by atoms with Gasteiger partial charge in [0.15, 0.2) is 5.13 Å². The van der Waals surface area contributed by atoms with Crippen molar-refractivity contribution in [2.24, 2.45) is 5.92 Å². The van der Waals surface area contributed by atoms with Crippen LogP contribution in [0, 0.1) is 5.92 Å². The molecule has 0 bridgehead atoms. The highest BCUT2D eigenvalue weighted by Gasteiger charge is 2.15. The maximum absolute atomic E-state index is 12.0. The molecule has 1 heterocycles. The van der Waals surface area contributed by atoms with Gasteiger partial charge in [-0.15, -0.1) is 0 Å². The molecule has 0 fully saturated rings. The molecule has 0 saturated carbocycles. The fourth-order valence-corrected chi connectivity index (χ4v) is 2.82. The molecule has 4 N–H and O–H groups in total. The van der Waals surface area contributed by atoms with Crippen LogP contribution < -0.4 is 16.4 Å². The van der Waals surface area contributed by atoms with Crippen molar-refractivity contribution in [3.05, 3.63) is 4.88 Å². The predicted molar refractivity (Wildman–Crippen MR) is 89.8 cm³/mol. The number of carbonyl (C=O) groups is 1. The molecular formula is C13H24N4OS2. The number of nitrogen functional groups attached to an aromatic ring is 1. The van der Waals surface area contributed by atoms with E-state index >= 15 is 0 Å². The summed E-state index contributed by atoms with van der Waals surface area (Å²) >= 11 is 3.14. The molecule has 0 radical (unpaired) electrons. The lowest BCUT2D eigenvalue weighted by Crippen LogP contribution is -2.24. The van der Waals surface area contributed by atoms with E-state index in [1.165, 1.54) is 11.3 Å². The highest BCUT2D eigenvalue weighted by molar-refractivity contribution is 7.98. The predicted octanol–water partition coefficient (Wildman–Crippen LogP) is 2.67. The number of hydrogen-bond donors (Lipinski definition) is 3. The Morgan fingerprint density at radius 2 is 2.20 bits per heavy atom. The van der Waals surface area contributed by atoms with Gasteiger partial charge in [0.1, 0.15) is 10.7 Å². The SMILES string of the molecule is CSCCCCNC(=O)c1sc(NCC(C)C)nc1N. The number of rotatable bonds is 9. The minimum absolute atomic E-state index is 0.123. The second-order valence-corrected chi connectivity index (χ2v) is 6.95. The van der Waals surface area contributed by atoms with Gasteiger partial charge in [0.2, 0.25) is 0 Å². The highest BCUT2D eigenvalue weighted by atomic mass is 32.2. The van der Waals surface area contributed by atoms with Gasteiger partial charge >= 0.3 is 0 Å². The third-order valence-electron chi connectivity index (χ3n) is 2.58. The molecule has 0 atom stereocenters. The molecule has 0 spiro atoms. The molecule has 114 valence electrons. The van der Waals surface area contributed by atoms with Crippen LogP contribution in [0.15, 0.2) is 0 Å². The summed E-state index contributed by atoms with van der Waals surface area (Å²) in [5.41, 5.74) is 5.80. The zero-order valence-corrected chi connectivity index (χ0v) is 14.0. The number of anilines is 2. The molecule has 1 amide bonds. The number of carbonyl (C=O) groups excluding carboxylic acids is 1. The zero-order valence-electron chi connectivity index (χ0n) is 12.4. The first-order valence-corrected chi connectivity index (χ1v) is 9.03. The second-order valence-electron chi connectivity index (χ2n) is 4.96. The molecule has 0 aliphatic carbocycles. The van der Waals surface area contributed by atoms with E-state index < -0.39 is 0 Å². The average Bonchev–Trinajstić information content (AvgIpc) is 2.77. The van der Waals surface area contributed by atoms with Crippen molar-refractivity contribution in [2.45, 2.75) is 26.7 Å². The van der Waals surface area contributed by atoms with Crippen molar-refractivity contribution in [1.82, 2.24) is 10.3 Å². The lowest BCUT2D eigenvalue weighted by molar-refractivity contribution is 0.0958. The van der Waals surface area contributed by atoms with Crippen LogP contribution in [0.3, 0.4) is 0 Å². The van der Waals surface area contributed by atoms with Crippen molar-refractivity contribution in [1.29, 1.82) is 0 Å². The number of nitrogens with one attached hydrogen (secondary N) is 2. The van der Waals surface area contributed by atoms with Crippen LogP contribution in [0.2, 0.25) is 0 Å². The van der Waals surface area contributed by atoms with Crippen molar-refractivity contribution >= 4 is 40.0 Å². The molecule has 7 heteroatoms. The van der Waals surface area contributed by atoms with Gasteiger partial charge in [0.25, 0.3) is 5.91 Å². The minimum atomic E-state index is -0.123. The Labute approximate surface area is 129 Å². The van der Waals surface area contributed by atoms with Crippen molar-refractivity contribution in [3.63, 3.8) is 0 Å². The Kier molecular flexibility index (Phi) is 7.76. The number of nitrogens with zero attached hydrogens (tertiary/aromatic N) is 1. The summed E-state index contributed by atoms with van der Waals surface area (Å²) in [4.78, 5) is 16.7. The molecular weight excluding hydrogens is 292 g/mol. The summed E-state index contributed by atoms with van der Waals surface area (Å²) < 4.78 is 0. The smallest absolute Gasteiger partial charge is 0.265 e. The monoisotopic (exact) mass is 316 g/mol. The molecule has 1 aromatic heterocycles. The Hall–Kier alpha value is -0.950. The molecule has 1 aromatic rings. The third-order valence-corrected chi connectivity index (χ3v) is 4.31. The summed E-state index contributed by atoms with van der Waals surface area (Å²) in [6.07, 6.45) is 4.19. The molecule has 0 unspecified atom stereocenters. The van der Waals surface area contributed by atoms with E-state index in [0.717, 1.165) is 25.1 Å². The normalized spacial score (nSPS) is 10.8. The lowest BCUT2D eigenvalue weighted by atomic mass is 10.2. The van der Waals surface area contributed by atoms with Gasteiger partial charge in [-0.2, -0.15) is 11.8 Å². The van der Waals surface area contributed by atoms with Crippen molar-refractivity contribution < 1.29 is 4.79 Å². The van der Waals surface area contributed by atoms with Crippen molar-refractivity contribution in [3.8, 4) is 0 Å². The third kappa shape index (κ3) is 6.00. The summed E-state index contributed by atoms with van der Waals surface area (Å²) in [7, 11) is 0. The van der Waals surface area contributed by atoms with E-state index in [2.05, 4.69) is 35.7 Å². The largest absolute Gasteiger partial charge is 0.382 e. The zero-order chi connectivity index (χ0) is 15.0. The molecule has 0 aromatic carbocycles. The van der Waals surface area contributed by atoms with E-state index in [1.807, 2.05) is 11.8 Å².